The van der Waals surface area contributed by atoms with Crippen LogP contribution in [0.4, 0.5) is 15.9 Å². The number of nitriles is 1. The summed E-state index contributed by atoms with van der Waals surface area (Å²) in [6.45, 7) is 4.70. The summed E-state index contributed by atoms with van der Waals surface area (Å²) in [5.74, 6) is 0.187. The van der Waals surface area contributed by atoms with E-state index in [0.717, 1.165) is 0 Å². The van der Waals surface area contributed by atoms with Gasteiger partial charge in [0.05, 0.1) is 12.1 Å². The van der Waals surface area contributed by atoms with Gasteiger partial charge in [0.1, 0.15) is 17.7 Å². The first-order valence-electron chi connectivity index (χ1n) is 8.45. The average Bonchev–Trinajstić information content (AvgIpc) is 2.65. The third-order valence-corrected chi connectivity index (χ3v) is 4.40. The maximum absolute atomic E-state index is 13.6. The largest absolute Gasteiger partial charge is 0.353 e. The van der Waals surface area contributed by atoms with E-state index in [0.29, 0.717) is 48.8 Å². The Bertz CT molecular complexity index is 840. The first-order valence-corrected chi connectivity index (χ1v) is 8.45. The van der Waals surface area contributed by atoms with Crippen molar-refractivity contribution in [2.75, 3.05) is 42.9 Å². The van der Waals surface area contributed by atoms with Crippen molar-refractivity contribution in [3.05, 3.63) is 53.5 Å². The lowest BCUT2D eigenvalue weighted by Gasteiger charge is -2.35. The summed E-state index contributed by atoms with van der Waals surface area (Å²) in [7, 11) is 0. The number of benzene rings is 1. The van der Waals surface area contributed by atoms with Gasteiger partial charge in [0, 0.05) is 38.1 Å². The molecule has 1 aliphatic rings. The molecule has 6 nitrogen and oxygen atoms in total. The molecule has 2 heterocycles. The Morgan fingerprint density at radius 2 is 2.08 bits per heavy atom. The monoisotopic (exact) mass is 353 g/mol. The van der Waals surface area contributed by atoms with Crippen LogP contribution in [0.15, 0.2) is 36.5 Å². The quantitative estimate of drug-likeness (QED) is 0.912. The van der Waals surface area contributed by atoms with Crippen LogP contribution in [0.3, 0.4) is 0 Å². The summed E-state index contributed by atoms with van der Waals surface area (Å²) in [6, 6.07) is 10.3. The molecule has 1 aliphatic heterocycles. The molecule has 1 aromatic heterocycles. The van der Waals surface area contributed by atoms with E-state index in [1.54, 1.807) is 37.4 Å². The van der Waals surface area contributed by atoms with Gasteiger partial charge in [-0.05, 0) is 36.8 Å². The SMILES string of the molecule is Cc1ccc(NC(=O)CN2CCN(c3ncccc3C#N)CC2)cc1F. The lowest BCUT2D eigenvalue weighted by molar-refractivity contribution is -0.117. The molecule has 0 bridgehead atoms. The van der Waals surface area contributed by atoms with Gasteiger partial charge in [0.25, 0.3) is 0 Å². The van der Waals surface area contributed by atoms with E-state index in [-0.39, 0.29) is 18.3 Å². The smallest absolute Gasteiger partial charge is 0.238 e. The summed E-state index contributed by atoms with van der Waals surface area (Å²) in [5.41, 5.74) is 1.56. The van der Waals surface area contributed by atoms with E-state index < -0.39 is 0 Å². The minimum Gasteiger partial charge on any atom is -0.353 e. The molecule has 134 valence electrons. The molecule has 2 aromatic rings. The van der Waals surface area contributed by atoms with Gasteiger partial charge in [-0.2, -0.15) is 5.26 Å². The second-order valence-corrected chi connectivity index (χ2v) is 6.26. The second-order valence-electron chi connectivity index (χ2n) is 6.26. The highest BCUT2D eigenvalue weighted by atomic mass is 19.1. The zero-order chi connectivity index (χ0) is 18.5. The fraction of sp³-hybridized carbons (Fsp3) is 0.316. The van der Waals surface area contributed by atoms with Crippen LogP contribution < -0.4 is 10.2 Å². The van der Waals surface area contributed by atoms with E-state index in [1.807, 2.05) is 4.90 Å². The van der Waals surface area contributed by atoms with Crippen LogP contribution in [0.25, 0.3) is 0 Å². The average molecular weight is 353 g/mol. The Labute approximate surface area is 151 Å². The molecule has 0 aliphatic carbocycles. The van der Waals surface area contributed by atoms with Crippen LogP contribution in [0.5, 0.6) is 0 Å². The summed E-state index contributed by atoms with van der Waals surface area (Å²) in [5, 5.41) is 11.9. The molecule has 1 aromatic carbocycles. The van der Waals surface area contributed by atoms with E-state index in [2.05, 4.69) is 21.3 Å². The Morgan fingerprint density at radius 3 is 2.77 bits per heavy atom. The topological polar surface area (TPSA) is 72.3 Å². The summed E-state index contributed by atoms with van der Waals surface area (Å²) in [6.07, 6.45) is 1.68. The molecule has 7 heteroatoms. The highest BCUT2D eigenvalue weighted by Gasteiger charge is 2.21. The Balaban J connectivity index is 1.53. The van der Waals surface area contributed by atoms with Crippen LogP contribution in [0.2, 0.25) is 0 Å². The number of hydrogen-bond acceptors (Lipinski definition) is 5. The molecule has 3 rings (SSSR count). The van der Waals surface area contributed by atoms with Crippen LogP contribution in [-0.2, 0) is 4.79 Å². The molecule has 1 fully saturated rings. The lowest BCUT2D eigenvalue weighted by Crippen LogP contribution is -2.49. The molecule has 0 radical (unpaired) electrons. The van der Waals surface area contributed by atoms with Crippen molar-refractivity contribution in [1.29, 1.82) is 5.26 Å². The second kappa shape index (κ2) is 7.93. The number of nitrogens with zero attached hydrogens (tertiary/aromatic N) is 4. The van der Waals surface area contributed by atoms with Gasteiger partial charge in [-0.25, -0.2) is 9.37 Å². The first kappa shape index (κ1) is 17.8. The number of carbonyl (C=O) groups is 1. The molecule has 0 unspecified atom stereocenters. The van der Waals surface area contributed by atoms with E-state index in [9.17, 15) is 14.4 Å². The number of pyridine rings is 1. The predicted octanol–water partition coefficient (Wildman–Crippen LogP) is 2.16. The Morgan fingerprint density at radius 1 is 1.31 bits per heavy atom. The number of rotatable bonds is 4. The van der Waals surface area contributed by atoms with Crippen molar-refractivity contribution in [2.24, 2.45) is 0 Å². The summed E-state index contributed by atoms with van der Waals surface area (Å²) < 4.78 is 13.6. The molecule has 1 amide bonds. The number of halogens is 1. The Hall–Kier alpha value is -2.98. The van der Waals surface area contributed by atoms with E-state index in [4.69, 9.17) is 0 Å². The number of piperazine rings is 1. The van der Waals surface area contributed by atoms with Crippen molar-refractivity contribution in [3.63, 3.8) is 0 Å². The number of hydrogen-bond donors (Lipinski definition) is 1. The normalized spacial score (nSPS) is 14.7. The lowest BCUT2D eigenvalue weighted by atomic mass is 10.2. The highest BCUT2D eigenvalue weighted by Crippen LogP contribution is 2.18. The number of amides is 1. The maximum atomic E-state index is 13.6. The Kier molecular flexibility index (Phi) is 5.44. The van der Waals surface area contributed by atoms with E-state index >= 15 is 0 Å². The van der Waals surface area contributed by atoms with E-state index in [1.165, 1.54) is 6.07 Å². The van der Waals surface area contributed by atoms with Crippen molar-refractivity contribution in [2.45, 2.75) is 6.92 Å². The van der Waals surface area contributed by atoms with Crippen LogP contribution in [0.1, 0.15) is 11.1 Å². The third kappa shape index (κ3) is 4.16. The predicted molar refractivity (Wildman–Crippen MR) is 97.4 cm³/mol. The minimum absolute atomic E-state index is 0.169. The van der Waals surface area contributed by atoms with Crippen LogP contribution in [0, 0.1) is 24.1 Å². The molecule has 0 saturated carbocycles. The molecule has 1 N–H and O–H groups in total. The minimum atomic E-state index is -0.333. The number of nitrogens with one attached hydrogen (secondary N) is 1. The fourth-order valence-electron chi connectivity index (χ4n) is 2.93. The van der Waals surface area contributed by atoms with Crippen molar-refractivity contribution in [3.8, 4) is 6.07 Å². The number of anilines is 2. The van der Waals surface area contributed by atoms with Crippen molar-refractivity contribution >= 4 is 17.4 Å². The summed E-state index contributed by atoms with van der Waals surface area (Å²) >= 11 is 0. The highest BCUT2D eigenvalue weighted by molar-refractivity contribution is 5.92. The standard InChI is InChI=1S/C19H20FN5O/c1-14-4-5-16(11-17(14)20)23-18(26)13-24-7-9-25(10-8-24)19-15(12-21)3-2-6-22-19/h2-6,11H,7-10,13H2,1H3,(H,23,26). The number of aromatic nitrogens is 1. The van der Waals surface area contributed by atoms with Crippen molar-refractivity contribution in [1.82, 2.24) is 9.88 Å². The van der Waals surface area contributed by atoms with Gasteiger partial charge in [-0.15, -0.1) is 0 Å². The first-order chi connectivity index (χ1) is 12.6. The number of carbonyl (C=O) groups excluding carboxylic acids is 1. The summed E-state index contributed by atoms with van der Waals surface area (Å²) in [4.78, 5) is 20.6. The van der Waals surface area contributed by atoms with Crippen LogP contribution >= 0.6 is 0 Å². The zero-order valence-corrected chi connectivity index (χ0v) is 14.6. The molecular formula is C19H20FN5O. The van der Waals surface area contributed by atoms with Crippen molar-refractivity contribution < 1.29 is 9.18 Å². The van der Waals surface area contributed by atoms with Gasteiger partial charge in [0.15, 0.2) is 0 Å². The molecule has 0 atom stereocenters. The van der Waals surface area contributed by atoms with Gasteiger partial charge < -0.3 is 10.2 Å². The van der Waals surface area contributed by atoms with Crippen LogP contribution in [-0.4, -0.2) is 48.5 Å². The van der Waals surface area contributed by atoms with Gasteiger partial charge in [0.2, 0.25) is 5.91 Å². The third-order valence-electron chi connectivity index (χ3n) is 4.40. The molecular weight excluding hydrogens is 333 g/mol. The molecule has 26 heavy (non-hydrogen) atoms. The molecule has 0 spiro atoms. The van der Waals surface area contributed by atoms with Gasteiger partial charge >= 0.3 is 0 Å². The van der Waals surface area contributed by atoms with Gasteiger partial charge in [-0.1, -0.05) is 6.07 Å². The zero-order valence-electron chi connectivity index (χ0n) is 14.6. The number of aryl methyl sites for hydroxylation is 1. The maximum Gasteiger partial charge on any atom is 0.238 e. The van der Waals surface area contributed by atoms with Gasteiger partial charge in [-0.3, -0.25) is 9.69 Å². The molecule has 1 saturated heterocycles. The fourth-order valence-corrected chi connectivity index (χ4v) is 2.93.